The summed E-state index contributed by atoms with van der Waals surface area (Å²) in [5, 5.41) is 14.3. The zero-order valence-electron chi connectivity index (χ0n) is 14.3. The van der Waals surface area contributed by atoms with Crippen LogP contribution in [0.3, 0.4) is 0 Å². The zero-order valence-corrected chi connectivity index (χ0v) is 14.3. The predicted molar refractivity (Wildman–Crippen MR) is 87.7 cm³/mol. The summed E-state index contributed by atoms with van der Waals surface area (Å²) in [5.41, 5.74) is -0.260. The van der Waals surface area contributed by atoms with Gasteiger partial charge in [-0.05, 0) is 12.1 Å². The van der Waals surface area contributed by atoms with Crippen LogP contribution in [-0.2, 0) is 5.72 Å². The summed E-state index contributed by atoms with van der Waals surface area (Å²) >= 11 is 0. The van der Waals surface area contributed by atoms with E-state index in [0.717, 1.165) is 12.5 Å². The monoisotopic (exact) mass is 375 g/mol. The minimum atomic E-state index is -1.28. The van der Waals surface area contributed by atoms with Gasteiger partial charge < -0.3 is 9.52 Å². The van der Waals surface area contributed by atoms with E-state index >= 15 is 0 Å². The maximum Gasteiger partial charge on any atom is 0.270 e. The van der Waals surface area contributed by atoms with E-state index in [1.807, 2.05) is 0 Å². The van der Waals surface area contributed by atoms with Crippen LogP contribution in [0.1, 0.15) is 13.8 Å². The fourth-order valence-corrected chi connectivity index (χ4v) is 2.85. The largest absolute Gasteiger partial charge is 0.443 e. The molecule has 3 heterocycles. The van der Waals surface area contributed by atoms with Gasteiger partial charge in [-0.25, -0.2) is 22.6 Å². The third-order valence-electron chi connectivity index (χ3n) is 4.08. The third-order valence-corrected chi connectivity index (χ3v) is 4.08. The van der Waals surface area contributed by atoms with Crippen molar-refractivity contribution in [3.8, 4) is 22.6 Å². The molecule has 0 atom stereocenters. The van der Waals surface area contributed by atoms with Gasteiger partial charge in [0.05, 0.1) is 11.8 Å². The van der Waals surface area contributed by atoms with Crippen molar-refractivity contribution in [3.63, 3.8) is 0 Å². The summed E-state index contributed by atoms with van der Waals surface area (Å²) in [4.78, 5) is 3.95. The van der Waals surface area contributed by atoms with E-state index in [1.54, 1.807) is 36.6 Å². The summed E-state index contributed by atoms with van der Waals surface area (Å²) in [7, 11) is 0. The molecule has 4 aromatic rings. The molecule has 0 saturated carbocycles. The maximum absolute atomic E-state index is 14.1. The van der Waals surface area contributed by atoms with Gasteiger partial charge in [0.1, 0.15) is 11.5 Å². The molecule has 3 aromatic heterocycles. The molecule has 0 radical (unpaired) electrons. The Labute approximate surface area is 151 Å². The molecule has 27 heavy (non-hydrogen) atoms. The van der Waals surface area contributed by atoms with E-state index in [2.05, 4.69) is 10.1 Å². The molecule has 138 valence electrons. The molecule has 1 N–H and O–H groups in total. The predicted octanol–water partition coefficient (Wildman–Crippen LogP) is 3.05. The topological polar surface area (TPSA) is 68.2 Å². The minimum Gasteiger partial charge on any atom is -0.443 e. The lowest BCUT2D eigenvalue weighted by Gasteiger charge is -2.10. The van der Waals surface area contributed by atoms with E-state index in [9.17, 15) is 18.3 Å². The Morgan fingerprint density at radius 1 is 1.11 bits per heavy atom. The number of hydrogen-bond donors (Lipinski definition) is 1. The number of pyridine rings is 1. The number of aromatic nitrogens is 4. The average Bonchev–Trinajstić information content (AvgIpc) is 3.23. The SMILES string of the molecule is CC(C)(O)n1nc[n+]2cc(-c3ocnc3-c3cc(F)c(F)cc3F)ccc12. The fourth-order valence-electron chi connectivity index (χ4n) is 2.85. The van der Waals surface area contributed by atoms with Gasteiger partial charge in [0.25, 0.3) is 12.0 Å². The first-order valence-electron chi connectivity index (χ1n) is 7.96. The van der Waals surface area contributed by atoms with Gasteiger partial charge in [0.2, 0.25) is 5.72 Å². The molecule has 0 unspecified atom stereocenters. The van der Waals surface area contributed by atoms with Crippen molar-refractivity contribution in [3.05, 3.63) is 60.6 Å². The van der Waals surface area contributed by atoms with Gasteiger partial charge in [0.15, 0.2) is 23.8 Å². The van der Waals surface area contributed by atoms with Crippen LogP contribution in [0.2, 0.25) is 0 Å². The van der Waals surface area contributed by atoms with Crippen LogP contribution in [0.15, 0.2) is 47.6 Å². The second kappa shape index (κ2) is 5.92. The number of hydrogen-bond acceptors (Lipinski definition) is 4. The third kappa shape index (κ3) is 2.85. The lowest BCUT2D eigenvalue weighted by atomic mass is 10.1. The fraction of sp³-hybridized carbons (Fsp3) is 0.167. The molecule has 1 aromatic carbocycles. The Balaban J connectivity index is 1.85. The second-order valence-electron chi connectivity index (χ2n) is 6.50. The van der Waals surface area contributed by atoms with Crippen molar-refractivity contribution in [2.75, 3.05) is 0 Å². The van der Waals surface area contributed by atoms with Crippen molar-refractivity contribution in [1.29, 1.82) is 0 Å². The van der Waals surface area contributed by atoms with Gasteiger partial charge >= 0.3 is 0 Å². The second-order valence-corrected chi connectivity index (χ2v) is 6.50. The Morgan fingerprint density at radius 3 is 2.59 bits per heavy atom. The van der Waals surface area contributed by atoms with Gasteiger partial charge in [-0.3, -0.25) is 0 Å². The average molecular weight is 375 g/mol. The van der Waals surface area contributed by atoms with Crippen LogP contribution in [0.5, 0.6) is 0 Å². The van der Waals surface area contributed by atoms with Crippen LogP contribution < -0.4 is 4.40 Å². The molecular weight excluding hydrogens is 361 g/mol. The Hall–Kier alpha value is -3.20. The molecule has 0 aliphatic carbocycles. The molecule has 0 bridgehead atoms. The zero-order chi connectivity index (χ0) is 19.3. The first-order chi connectivity index (χ1) is 12.8. The molecule has 6 nitrogen and oxygen atoms in total. The van der Waals surface area contributed by atoms with Gasteiger partial charge in [-0.2, -0.15) is 0 Å². The molecule has 0 saturated heterocycles. The quantitative estimate of drug-likeness (QED) is 0.442. The highest BCUT2D eigenvalue weighted by atomic mass is 19.2. The van der Waals surface area contributed by atoms with E-state index in [0.29, 0.717) is 17.3 Å². The van der Waals surface area contributed by atoms with Crippen molar-refractivity contribution < 1.29 is 27.1 Å². The summed E-state index contributed by atoms with van der Waals surface area (Å²) in [6, 6.07) is 4.56. The molecular formula is C18H14F3N4O2+. The van der Waals surface area contributed by atoms with Crippen LogP contribution in [-0.4, -0.2) is 19.9 Å². The van der Waals surface area contributed by atoms with Crippen molar-refractivity contribution >= 4 is 5.65 Å². The molecule has 0 aliphatic rings. The number of benzene rings is 1. The minimum absolute atomic E-state index is 0.0428. The number of halogens is 3. The van der Waals surface area contributed by atoms with Crippen LogP contribution in [0.25, 0.3) is 28.2 Å². The van der Waals surface area contributed by atoms with Gasteiger partial charge in [-0.15, -0.1) is 0 Å². The standard InChI is InChI=1S/C18H14F3N4O2/c1-18(2,26)25-15-4-3-10(7-24(15)8-23-25)17-16(22-9-27-17)11-5-13(20)14(21)6-12(11)19/h3-9,26H,1-2H3/q+1. The van der Waals surface area contributed by atoms with E-state index in [1.165, 1.54) is 11.0 Å². The first kappa shape index (κ1) is 17.2. The highest BCUT2D eigenvalue weighted by Crippen LogP contribution is 2.33. The van der Waals surface area contributed by atoms with Crippen molar-refractivity contribution in [1.82, 2.24) is 14.8 Å². The van der Waals surface area contributed by atoms with Crippen LogP contribution in [0.4, 0.5) is 13.2 Å². The number of rotatable bonds is 3. The number of fused-ring (bicyclic) bond motifs is 1. The molecule has 0 amide bonds. The summed E-state index contributed by atoms with van der Waals surface area (Å²) in [5.74, 6) is -3.23. The number of oxazole rings is 1. The van der Waals surface area contributed by atoms with Crippen molar-refractivity contribution in [2.24, 2.45) is 0 Å². The van der Waals surface area contributed by atoms with E-state index in [-0.39, 0.29) is 17.0 Å². The van der Waals surface area contributed by atoms with Crippen molar-refractivity contribution in [2.45, 2.75) is 19.6 Å². The Morgan fingerprint density at radius 2 is 1.85 bits per heavy atom. The molecule has 0 spiro atoms. The highest BCUT2D eigenvalue weighted by molar-refractivity contribution is 5.76. The highest BCUT2D eigenvalue weighted by Gasteiger charge is 2.27. The summed E-state index contributed by atoms with van der Waals surface area (Å²) in [6.07, 6.45) is 4.23. The van der Waals surface area contributed by atoms with E-state index < -0.39 is 23.2 Å². The van der Waals surface area contributed by atoms with Gasteiger partial charge in [-0.1, -0.05) is 4.68 Å². The van der Waals surface area contributed by atoms with E-state index in [4.69, 9.17) is 4.42 Å². The maximum atomic E-state index is 14.1. The first-order valence-corrected chi connectivity index (χ1v) is 7.96. The lowest BCUT2D eigenvalue weighted by molar-refractivity contribution is -0.512. The summed E-state index contributed by atoms with van der Waals surface area (Å²) < 4.78 is 49.4. The Kier molecular flexibility index (Phi) is 3.77. The molecule has 0 aliphatic heterocycles. The molecule has 9 heteroatoms. The normalized spacial score (nSPS) is 12.1. The Bertz CT molecular complexity index is 1160. The molecule has 0 fully saturated rings. The van der Waals surface area contributed by atoms with Crippen LogP contribution >= 0.6 is 0 Å². The van der Waals surface area contributed by atoms with Crippen LogP contribution in [0, 0.1) is 17.5 Å². The lowest BCUT2D eigenvalue weighted by Crippen LogP contribution is -2.29. The van der Waals surface area contributed by atoms with Gasteiger partial charge in [0, 0.05) is 36.6 Å². The summed E-state index contributed by atoms with van der Waals surface area (Å²) in [6.45, 7) is 3.18. The molecule has 4 rings (SSSR count). The number of nitrogens with zero attached hydrogens (tertiary/aromatic N) is 4. The smallest absolute Gasteiger partial charge is 0.270 e. The number of aliphatic hydroxyl groups is 1.